The maximum atomic E-state index is 12.8. The van der Waals surface area contributed by atoms with Gasteiger partial charge in [0.2, 0.25) is 5.91 Å². The van der Waals surface area contributed by atoms with Gasteiger partial charge in [-0.1, -0.05) is 12.1 Å². The number of carbonyl (C=O) groups excluding carboxylic acids is 3. The van der Waals surface area contributed by atoms with Crippen LogP contribution in [0.15, 0.2) is 24.3 Å². The molecule has 0 saturated carbocycles. The fraction of sp³-hybridized carbons (Fsp3) is 0.609. The lowest BCUT2D eigenvalue weighted by Crippen LogP contribution is -2.49. The summed E-state index contributed by atoms with van der Waals surface area (Å²) < 4.78 is 11.0. The highest BCUT2D eigenvalue weighted by atomic mass is 16.6. The largest absolute Gasteiger partial charge is 0.481 e. The van der Waals surface area contributed by atoms with Crippen LogP contribution in [0.1, 0.15) is 46.1 Å². The fourth-order valence-corrected chi connectivity index (χ4v) is 3.40. The monoisotopic (exact) mass is 433 g/mol. The van der Waals surface area contributed by atoms with Crippen LogP contribution < -0.4 is 15.4 Å². The van der Waals surface area contributed by atoms with Gasteiger partial charge in [-0.25, -0.2) is 4.79 Å². The first-order chi connectivity index (χ1) is 14.5. The summed E-state index contributed by atoms with van der Waals surface area (Å²) >= 11 is 0. The first-order valence-corrected chi connectivity index (χ1v) is 10.8. The van der Waals surface area contributed by atoms with E-state index in [1.54, 1.807) is 32.6 Å². The molecule has 1 aromatic rings. The van der Waals surface area contributed by atoms with Gasteiger partial charge in [-0.3, -0.25) is 9.59 Å². The van der Waals surface area contributed by atoms with Gasteiger partial charge in [0, 0.05) is 26.2 Å². The molecular formula is C23H35N3O5. The topological polar surface area (TPSA) is 97.0 Å². The highest BCUT2D eigenvalue weighted by Crippen LogP contribution is 2.20. The highest BCUT2D eigenvalue weighted by molar-refractivity contribution is 5.83. The predicted octanol–water partition coefficient (Wildman–Crippen LogP) is 2.64. The Bertz CT molecular complexity index is 775. The first-order valence-electron chi connectivity index (χ1n) is 10.8. The number of benzene rings is 1. The average molecular weight is 434 g/mol. The molecule has 1 fully saturated rings. The summed E-state index contributed by atoms with van der Waals surface area (Å²) in [5, 5.41) is 5.44. The SMILES string of the molecule is Cc1cccc(OC(C)C(=O)N2CCCC(C(=O)NCCNC(=O)OC(C)(C)C)C2)c1. The number of amides is 3. The molecule has 2 unspecified atom stereocenters. The van der Waals surface area contributed by atoms with Crippen molar-refractivity contribution in [3.63, 3.8) is 0 Å². The summed E-state index contributed by atoms with van der Waals surface area (Å²) in [4.78, 5) is 38.7. The minimum absolute atomic E-state index is 0.115. The van der Waals surface area contributed by atoms with Crippen molar-refractivity contribution in [2.45, 2.75) is 59.2 Å². The fourth-order valence-electron chi connectivity index (χ4n) is 3.40. The van der Waals surface area contributed by atoms with Crippen LogP contribution in [0.3, 0.4) is 0 Å². The normalized spacial score (nSPS) is 17.5. The van der Waals surface area contributed by atoms with E-state index in [0.717, 1.165) is 18.4 Å². The molecule has 1 saturated heterocycles. The molecule has 172 valence electrons. The number of nitrogens with one attached hydrogen (secondary N) is 2. The number of carbonyl (C=O) groups is 3. The Morgan fingerprint density at radius 2 is 1.90 bits per heavy atom. The van der Waals surface area contributed by atoms with Crippen molar-refractivity contribution in [1.82, 2.24) is 15.5 Å². The predicted molar refractivity (Wildman–Crippen MR) is 118 cm³/mol. The number of rotatable bonds is 7. The second-order valence-electron chi connectivity index (χ2n) is 8.92. The molecule has 3 amide bonds. The van der Waals surface area contributed by atoms with Gasteiger partial charge >= 0.3 is 6.09 Å². The number of hydrogen-bond donors (Lipinski definition) is 2. The maximum Gasteiger partial charge on any atom is 0.407 e. The Balaban J connectivity index is 1.76. The van der Waals surface area contributed by atoms with Crippen LogP contribution in [-0.2, 0) is 14.3 Å². The Labute approximate surface area is 184 Å². The van der Waals surface area contributed by atoms with E-state index in [1.165, 1.54) is 0 Å². The number of nitrogens with zero attached hydrogens (tertiary/aromatic N) is 1. The van der Waals surface area contributed by atoms with Gasteiger partial charge < -0.3 is 25.0 Å². The second kappa shape index (κ2) is 11.0. The standard InChI is InChI=1S/C23H35N3O5/c1-16-8-6-10-19(14-16)30-17(2)21(28)26-13-7-9-18(15-26)20(27)24-11-12-25-22(29)31-23(3,4)5/h6,8,10,14,17-18H,7,9,11-13,15H2,1-5H3,(H,24,27)(H,25,29). The third-order valence-electron chi connectivity index (χ3n) is 4.85. The Kier molecular flexibility index (Phi) is 8.71. The van der Waals surface area contributed by atoms with Crippen LogP contribution >= 0.6 is 0 Å². The maximum absolute atomic E-state index is 12.8. The minimum Gasteiger partial charge on any atom is -0.481 e. The molecule has 8 nitrogen and oxygen atoms in total. The number of piperidine rings is 1. The summed E-state index contributed by atoms with van der Waals surface area (Å²) in [5.41, 5.74) is 0.499. The lowest BCUT2D eigenvalue weighted by Gasteiger charge is -2.33. The van der Waals surface area contributed by atoms with Crippen molar-refractivity contribution in [2.24, 2.45) is 5.92 Å². The van der Waals surface area contributed by atoms with Crippen molar-refractivity contribution < 1.29 is 23.9 Å². The van der Waals surface area contributed by atoms with Gasteiger partial charge in [-0.2, -0.15) is 0 Å². The Hall–Kier alpha value is -2.77. The van der Waals surface area contributed by atoms with E-state index in [0.29, 0.717) is 25.4 Å². The van der Waals surface area contributed by atoms with Crippen LogP contribution in [0.5, 0.6) is 5.75 Å². The number of likely N-dealkylation sites (tertiary alicyclic amines) is 1. The van der Waals surface area contributed by atoms with E-state index in [-0.39, 0.29) is 24.3 Å². The summed E-state index contributed by atoms with van der Waals surface area (Å²) in [7, 11) is 0. The zero-order chi connectivity index (χ0) is 23.0. The lowest BCUT2D eigenvalue weighted by molar-refractivity contribution is -0.141. The molecule has 0 aliphatic carbocycles. The van der Waals surface area contributed by atoms with Crippen LogP contribution in [0.25, 0.3) is 0 Å². The molecule has 1 aliphatic heterocycles. The summed E-state index contributed by atoms with van der Waals surface area (Å²) in [6.07, 6.45) is 0.347. The third-order valence-corrected chi connectivity index (χ3v) is 4.85. The van der Waals surface area contributed by atoms with E-state index in [9.17, 15) is 14.4 Å². The molecule has 2 rings (SSSR count). The van der Waals surface area contributed by atoms with E-state index in [1.807, 2.05) is 31.2 Å². The number of hydrogen-bond acceptors (Lipinski definition) is 5. The van der Waals surface area contributed by atoms with Gasteiger partial charge in [0.25, 0.3) is 5.91 Å². The van der Waals surface area contributed by atoms with Crippen molar-refractivity contribution in [1.29, 1.82) is 0 Å². The first kappa shape index (κ1) is 24.5. The van der Waals surface area contributed by atoms with Crippen molar-refractivity contribution in [3.8, 4) is 5.75 Å². The van der Waals surface area contributed by atoms with E-state index < -0.39 is 17.8 Å². The highest BCUT2D eigenvalue weighted by Gasteiger charge is 2.31. The van der Waals surface area contributed by atoms with Crippen LogP contribution in [0.4, 0.5) is 4.79 Å². The van der Waals surface area contributed by atoms with Gasteiger partial charge in [0.15, 0.2) is 6.10 Å². The quantitative estimate of drug-likeness (QED) is 0.645. The molecular weight excluding hydrogens is 398 g/mol. The molecule has 0 aromatic heterocycles. The van der Waals surface area contributed by atoms with Gasteiger partial charge in [0.05, 0.1) is 5.92 Å². The van der Waals surface area contributed by atoms with Crippen molar-refractivity contribution in [3.05, 3.63) is 29.8 Å². The number of alkyl carbamates (subject to hydrolysis) is 1. The number of ether oxygens (including phenoxy) is 2. The minimum atomic E-state index is -0.623. The van der Waals surface area contributed by atoms with Crippen molar-refractivity contribution in [2.75, 3.05) is 26.2 Å². The summed E-state index contributed by atoms with van der Waals surface area (Å²) in [6.45, 7) is 10.6. The van der Waals surface area contributed by atoms with Crippen LogP contribution in [0.2, 0.25) is 0 Å². The number of aryl methyl sites for hydroxylation is 1. The van der Waals surface area contributed by atoms with Crippen LogP contribution in [-0.4, -0.2) is 60.7 Å². The Morgan fingerprint density at radius 1 is 1.19 bits per heavy atom. The Morgan fingerprint density at radius 3 is 2.58 bits per heavy atom. The van der Waals surface area contributed by atoms with E-state index >= 15 is 0 Å². The zero-order valence-corrected chi connectivity index (χ0v) is 19.2. The molecule has 0 radical (unpaired) electrons. The molecule has 2 N–H and O–H groups in total. The molecule has 1 aliphatic rings. The van der Waals surface area contributed by atoms with Crippen LogP contribution in [0, 0.1) is 12.8 Å². The van der Waals surface area contributed by atoms with Gasteiger partial charge in [0.1, 0.15) is 11.4 Å². The molecule has 0 bridgehead atoms. The van der Waals surface area contributed by atoms with E-state index in [4.69, 9.17) is 9.47 Å². The molecule has 0 spiro atoms. The van der Waals surface area contributed by atoms with E-state index in [2.05, 4.69) is 10.6 Å². The molecule has 31 heavy (non-hydrogen) atoms. The van der Waals surface area contributed by atoms with Gasteiger partial charge in [-0.15, -0.1) is 0 Å². The molecule has 1 aromatic carbocycles. The molecule has 2 atom stereocenters. The second-order valence-corrected chi connectivity index (χ2v) is 8.92. The third kappa shape index (κ3) is 8.47. The molecule has 8 heteroatoms. The average Bonchev–Trinajstić information content (AvgIpc) is 2.69. The smallest absolute Gasteiger partial charge is 0.407 e. The summed E-state index contributed by atoms with van der Waals surface area (Å²) in [6, 6.07) is 7.58. The molecule has 1 heterocycles. The zero-order valence-electron chi connectivity index (χ0n) is 19.2. The summed E-state index contributed by atoms with van der Waals surface area (Å²) in [5.74, 6) is 0.149. The lowest BCUT2D eigenvalue weighted by atomic mass is 9.96. The van der Waals surface area contributed by atoms with Crippen molar-refractivity contribution >= 4 is 17.9 Å². The van der Waals surface area contributed by atoms with Gasteiger partial charge in [-0.05, 0) is 65.2 Å².